The fourth-order valence-electron chi connectivity index (χ4n) is 2.14. The third kappa shape index (κ3) is 2.72. The molecule has 0 radical (unpaired) electrons. The molecule has 20 heavy (non-hydrogen) atoms. The molecule has 1 aromatic rings. The number of hydrogen-bond donors (Lipinski definition) is 0. The maximum Gasteiger partial charge on any atom is 0.496 e. The maximum atomic E-state index is 8.98. The molecule has 0 aromatic carbocycles. The third-order valence-corrected chi connectivity index (χ3v) is 4.15. The van der Waals surface area contributed by atoms with Crippen LogP contribution < -0.4 is 5.46 Å². The van der Waals surface area contributed by atoms with Gasteiger partial charge < -0.3 is 9.31 Å². The zero-order valence-corrected chi connectivity index (χ0v) is 12.8. The molecule has 2 heterocycles. The first-order valence-electron chi connectivity index (χ1n) is 6.96. The number of pyridine rings is 1. The predicted octanol–water partition coefficient (Wildman–Crippen LogP) is 2.08. The summed E-state index contributed by atoms with van der Waals surface area (Å²) in [6.07, 6.45) is 2.35. The van der Waals surface area contributed by atoms with Gasteiger partial charge in [-0.15, -0.1) is 0 Å². The highest BCUT2D eigenvalue weighted by Gasteiger charge is 2.52. The molecule has 1 fully saturated rings. The molecular weight excluding hydrogens is 251 g/mol. The van der Waals surface area contributed by atoms with Crippen LogP contribution in [0.15, 0.2) is 18.3 Å². The van der Waals surface area contributed by atoms with E-state index in [9.17, 15) is 0 Å². The first kappa shape index (κ1) is 15.0. The number of aromatic nitrogens is 1. The molecule has 106 valence electrons. The van der Waals surface area contributed by atoms with Crippen molar-refractivity contribution in [2.45, 2.75) is 52.2 Å². The molecule has 0 bridgehead atoms. The summed E-state index contributed by atoms with van der Waals surface area (Å²) in [6, 6.07) is 6.08. The second-order valence-electron chi connectivity index (χ2n) is 6.36. The second kappa shape index (κ2) is 5.19. The molecule has 0 aliphatic carbocycles. The molecule has 5 heteroatoms. The fraction of sp³-hybridized carbons (Fsp3) is 0.600. The van der Waals surface area contributed by atoms with E-state index < -0.39 is 7.12 Å². The van der Waals surface area contributed by atoms with E-state index in [-0.39, 0.29) is 17.1 Å². The highest BCUT2D eigenvalue weighted by atomic mass is 16.7. The van der Waals surface area contributed by atoms with Crippen molar-refractivity contribution in [3.63, 3.8) is 0 Å². The van der Waals surface area contributed by atoms with E-state index in [1.807, 2.05) is 46.8 Å². The molecule has 0 amide bonds. The van der Waals surface area contributed by atoms with Gasteiger partial charge in [-0.2, -0.15) is 5.26 Å². The van der Waals surface area contributed by atoms with Gasteiger partial charge >= 0.3 is 7.12 Å². The summed E-state index contributed by atoms with van der Waals surface area (Å²) in [5.74, 6) is -0.0777. The minimum Gasteiger partial charge on any atom is -0.399 e. The molecule has 1 aromatic heterocycles. The topological polar surface area (TPSA) is 55.1 Å². The highest BCUT2D eigenvalue weighted by Crippen LogP contribution is 2.36. The summed E-state index contributed by atoms with van der Waals surface area (Å²) < 4.78 is 12.1. The van der Waals surface area contributed by atoms with Gasteiger partial charge in [0.15, 0.2) is 0 Å². The Kier molecular flexibility index (Phi) is 3.90. The van der Waals surface area contributed by atoms with Gasteiger partial charge in [0.1, 0.15) is 0 Å². The monoisotopic (exact) mass is 272 g/mol. The van der Waals surface area contributed by atoms with Crippen LogP contribution in [-0.4, -0.2) is 23.3 Å². The van der Waals surface area contributed by atoms with E-state index in [0.717, 1.165) is 11.2 Å². The van der Waals surface area contributed by atoms with Crippen molar-refractivity contribution in [2.75, 3.05) is 0 Å². The Hall–Kier alpha value is -1.38. The molecule has 0 saturated carbocycles. The van der Waals surface area contributed by atoms with Gasteiger partial charge in [-0.1, -0.05) is 6.07 Å². The SMILES string of the molecule is CC(C#N)Cc1ncccc1B1OC(C)(C)C(C)(C)O1. The molecule has 2 rings (SSSR count). The van der Waals surface area contributed by atoms with Crippen molar-refractivity contribution in [3.8, 4) is 6.07 Å². The third-order valence-electron chi connectivity index (χ3n) is 4.15. The lowest BCUT2D eigenvalue weighted by molar-refractivity contribution is 0.00578. The van der Waals surface area contributed by atoms with Crippen molar-refractivity contribution in [3.05, 3.63) is 24.0 Å². The minimum atomic E-state index is -0.422. The van der Waals surface area contributed by atoms with E-state index in [1.54, 1.807) is 6.20 Å². The summed E-state index contributed by atoms with van der Waals surface area (Å²) in [5.41, 5.74) is 1.06. The summed E-state index contributed by atoms with van der Waals surface area (Å²) in [5, 5.41) is 8.98. The summed E-state index contributed by atoms with van der Waals surface area (Å²) in [4.78, 5) is 4.40. The Morgan fingerprint density at radius 3 is 2.45 bits per heavy atom. The molecule has 4 nitrogen and oxygen atoms in total. The number of rotatable bonds is 3. The summed E-state index contributed by atoms with van der Waals surface area (Å²) in [7, 11) is -0.422. The average Bonchev–Trinajstić information content (AvgIpc) is 2.59. The van der Waals surface area contributed by atoms with E-state index in [0.29, 0.717) is 6.42 Å². The van der Waals surface area contributed by atoms with Crippen molar-refractivity contribution in [1.82, 2.24) is 4.98 Å². The van der Waals surface area contributed by atoms with Gasteiger partial charge in [0, 0.05) is 29.7 Å². The molecule has 1 atom stereocenters. The highest BCUT2D eigenvalue weighted by molar-refractivity contribution is 6.62. The van der Waals surface area contributed by atoms with Crippen molar-refractivity contribution < 1.29 is 9.31 Å². The van der Waals surface area contributed by atoms with E-state index in [2.05, 4.69) is 11.1 Å². The smallest absolute Gasteiger partial charge is 0.399 e. The van der Waals surface area contributed by atoms with Crippen LogP contribution in [-0.2, 0) is 15.7 Å². The Bertz CT molecular complexity index is 521. The van der Waals surface area contributed by atoms with E-state index in [4.69, 9.17) is 14.6 Å². The number of hydrogen-bond acceptors (Lipinski definition) is 4. The van der Waals surface area contributed by atoms with Crippen LogP contribution in [0, 0.1) is 17.2 Å². The van der Waals surface area contributed by atoms with Gasteiger partial charge in [0.25, 0.3) is 0 Å². The standard InChI is InChI=1S/C15H21BN2O2/c1-11(10-17)9-13-12(7-6-8-18-13)16-19-14(2,3)15(4,5)20-16/h6-8,11H,9H2,1-5H3. The van der Waals surface area contributed by atoms with E-state index in [1.165, 1.54) is 0 Å². The molecule has 1 unspecified atom stereocenters. The van der Waals surface area contributed by atoms with Crippen LogP contribution >= 0.6 is 0 Å². The lowest BCUT2D eigenvalue weighted by Gasteiger charge is -2.32. The zero-order valence-electron chi connectivity index (χ0n) is 12.8. The van der Waals surface area contributed by atoms with Gasteiger partial charge in [0.2, 0.25) is 0 Å². The normalized spacial score (nSPS) is 21.5. The van der Waals surface area contributed by atoms with E-state index >= 15 is 0 Å². The predicted molar refractivity (Wildman–Crippen MR) is 78.4 cm³/mol. The largest absolute Gasteiger partial charge is 0.496 e. The van der Waals surface area contributed by atoms with Crippen molar-refractivity contribution >= 4 is 12.6 Å². The van der Waals surface area contributed by atoms with Gasteiger partial charge in [-0.05, 0) is 40.7 Å². The second-order valence-corrected chi connectivity index (χ2v) is 6.36. The molecule has 1 saturated heterocycles. The summed E-state index contributed by atoms with van der Waals surface area (Å²) in [6.45, 7) is 10.0. The molecule has 0 spiro atoms. The first-order valence-corrected chi connectivity index (χ1v) is 6.96. The van der Waals surface area contributed by atoms with Crippen LogP contribution in [0.5, 0.6) is 0 Å². The van der Waals surface area contributed by atoms with Crippen molar-refractivity contribution in [1.29, 1.82) is 5.26 Å². The lowest BCUT2D eigenvalue weighted by Crippen LogP contribution is -2.41. The maximum absolute atomic E-state index is 8.98. The molecule has 1 aliphatic heterocycles. The minimum absolute atomic E-state index is 0.0777. The Morgan fingerprint density at radius 1 is 1.30 bits per heavy atom. The summed E-state index contributed by atoms with van der Waals surface area (Å²) >= 11 is 0. The molecular formula is C15H21BN2O2. The Morgan fingerprint density at radius 2 is 1.90 bits per heavy atom. The zero-order chi connectivity index (χ0) is 15.0. The van der Waals surface area contributed by atoms with Gasteiger partial charge in [-0.25, -0.2) is 0 Å². The van der Waals surface area contributed by atoms with Crippen LogP contribution in [0.3, 0.4) is 0 Å². The lowest BCUT2D eigenvalue weighted by atomic mass is 9.76. The fourth-order valence-corrected chi connectivity index (χ4v) is 2.14. The van der Waals surface area contributed by atoms with Gasteiger partial charge in [0.05, 0.1) is 17.3 Å². The van der Waals surface area contributed by atoms with Crippen LogP contribution in [0.2, 0.25) is 0 Å². The quantitative estimate of drug-likeness (QED) is 0.790. The van der Waals surface area contributed by atoms with Gasteiger partial charge in [-0.3, -0.25) is 4.98 Å². The Labute approximate surface area is 121 Å². The number of nitrogens with zero attached hydrogens (tertiary/aromatic N) is 2. The van der Waals surface area contributed by atoms with Crippen LogP contribution in [0.25, 0.3) is 0 Å². The van der Waals surface area contributed by atoms with Crippen LogP contribution in [0.1, 0.15) is 40.3 Å². The van der Waals surface area contributed by atoms with Crippen LogP contribution in [0.4, 0.5) is 0 Å². The molecule has 1 aliphatic rings. The molecule has 0 N–H and O–H groups in total. The van der Waals surface area contributed by atoms with Crippen molar-refractivity contribution in [2.24, 2.45) is 5.92 Å². The first-order chi connectivity index (χ1) is 9.27. The Balaban J connectivity index is 2.29. The average molecular weight is 272 g/mol. The number of nitriles is 1.